The molecule has 0 radical (unpaired) electrons. The molecule has 0 unspecified atom stereocenters. The van der Waals surface area contributed by atoms with Gasteiger partial charge in [0.25, 0.3) is 5.91 Å². The lowest BCUT2D eigenvalue weighted by molar-refractivity contribution is 0.0712. The molecule has 110 valence electrons. The lowest BCUT2D eigenvalue weighted by atomic mass is 10.1. The Labute approximate surface area is 127 Å². The molecule has 1 aromatic heterocycles. The number of aryl methyl sites for hydroxylation is 1. The molecule has 3 nitrogen and oxygen atoms in total. The Hall–Kier alpha value is -1.81. The average molecular weight is 308 g/mol. The molecular formula is C16H15ClFNO2. The van der Waals surface area contributed by atoms with Gasteiger partial charge in [0.1, 0.15) is 17.3 Å². The second-order valence-corrected chi connectivity index (χ2v) is 5.74. The molecular weight excluding hydrogens is 293 g/mol. The van der Waals surface area contributed by atoms with E-state index in [1.165, 1.54) is 18.2 Å². The Morgan fingerprint density at radius 3 is 2.76 bits per heavy atom. The van der Waals surface area contributed by atoms with Gasteiger partial charge in [0.2, 0.25) is 0 Å². The highest BCUT2D eigenvalue weighted by Crippen LogP contribution is 2.31. The third kappa shape index (κ3) is 3.10. The molecule has 0 aliphatic heterocycles. The molecule has 21 heavy (non-hydrogen) atoms. The lowest BCUT2D eigenvalue weighted by Gasteiger charge is -2.21. The number of rotatable bonds is 4. The van der Waals surface area contributed by atoms with Crippen LogP contribution in [0, 0.1) is 12.7 Å². The number of nitrogens with zero attached hydrogens (tertiary/aromatic N) is 1. The minimum absolute atomic E-state index is 0.0117. The van der Waals surface area contributed by atoms with Gasteiger partial charge in [-0.3, -0.25) is 4.79 Å². The van der Waals surface area contributed by atoms with Gasteiger partial charge in [0.15, 0.2) is 0 Å². The van der Waals surface area contributed by atoms with Crippen molar-refractivity contribution in [3.05, 3.63) is 58.3 Å². The zero-order valence-corrected chi connectivity index (χ0v) is 12.4. The van der Waals surface area contributed by atoms with Crippen LogP contribution in [0.5, 0.6) is 0 Å². The zero-order valence-electron chi connectivity index (χ0n) is 11.6. The molecule has 0 atom stereocenters. The van der Waals surface area contributed by atoms with Crippen LogP contribution in [0.25, 0.3) is 0 Å². The molecule has 5 heteroatoms. The first-order valence-electron chi connectivity index (χ1n) is 6.86. The molecule has 0 bridgehead atoms. The van der Waals surface area contributed by atoms with Gasteiger partial charge in [0.05, 0.1) is 12.1 Å². The first kappa shape index (κ1) is 14.1. The monoisotopic (exact) mass is 307 g/mol. The van der Waals surface area contributed by atoms with Gasteiger partial charge in [-0.25, -0.2) is 4.39 Å². The smallest absolute Gasteiger partial charge is 0.257 e. The van der Waals surface area contributed by atoms with E-state index in [0.717, 1.165) is 18.6 Å². The van der Waals surface area contributed by atoms with Crippen LogP contribution in [0.1, 0.15) is 34.7 Å². The van der Waals surface area contributed by atoms with Crippen molar-refractivity contribution < 1.29 is 13.6 Å². The molecule has 1 amide bonds. The summed E-state index contributed by atoms with van der Waals surface area (Å²) in [5.41, 5.74) is 0.0117. The number of carbonyl (C=O) groups is 1. The zero-order chi connectivity index (χ0) is 15.0. The van der Waals surface area contributed by atoms with Crippen LogP contribution < -0.4 is 0 Å². The Morgan fingerprint density at radius 2 is 2.14 bits per heavy atom. The van der Waals surface area contributed by atoms with Crippen molar-refractivity contribution in [2.75, 3.05) is 0 Å². The normalized spacial score (nSPS) is 14.2. The Morgan fingerprint density at radius 1 is 1.38 bits per heavy atom. The predicted molar refractivity (Wildman–Crippen MR) is 77.8 cm³/mol. The third-order valence-corrected chi connectivity index (χ3v) is 3.76. The maximum absolute atomic E-state index is 13.9. The van der Waals surface area contributed by atoms with Crippen molar-refractivity contribution in [2.45, 2.75) is 32.4 Å². The molecule has 0 N–H and O–H groups in total. The molecule has 2 aromatic rings. The van der Waals surface area contributed by atoms with Crippen molar-refractivity contribution in [2.24, 2.45) is 0 Å². The molecule has 1 heterocycles. The summed E-state index contributed by atoms with van der Waals surface area (Å²) < 4.78 is 19.4. The largest absolute Gasteiger partial charge is 0.464 e. The van der Waals surface area contributed by atoms with E-state index in [0.29, 0.717) is 17.3 Å². The summed E-state index contributed by atoms with van der Waals surface area (Å²) in [5, 5.41) is 0.351. The van der Waals surface area contributed by atoms with Gasteiger partial charge >= 0.3 is 0 Å². The van der Waals surface area contributed by atoms with Crippen LogP contribution in [0.2, 0.25) is 5.02 Å². The van der Waals surface area contributed by atoms with Gasteiger partial charge < -0.3 is 9.32 Å². The number of halogens is 2. The Kier molecular flexibility index (Phi) is 3.72. The number of amides is 1. The number of hydrogen-bond donors (Lipinski definition) is 0. The Balaban J connectivity index is 1.86. The van der Waals surface area contributed by atoms with Crippen molar-refractivity contribution in [1.82, 2.24) is 4.90 Å². The van der Waals surface area contributed by atoms with E-state index < -0.39 is 5.82 Å². The minimum Gasteiger partial charge on any atom is -0.464 e. The van der Waals surface area contributed by atoms with Crippen LogP contribution in [0.4, 0.5) is 4.39 Å². The van der Waals surface area contributed by atoms with Crippen molar-refractivity contribution in [3.63, 3.8) is 0 Å². The van der Waals surface area contributed by atoms with Crippen LogP contribution in [-0.4, -0.2) is 16.8 Å². The molecule has 0 saturated heterocycles. The van der Waals surface area contributed by atoms with Crippen LogP contribution in [0.3, 0.4) is 0 Å². The van der Waals surface area contributed by atoms with E-state index in [1.807, 2.05) is 19.1 Å². The Bertz CT molecular complexity index is 679. The highest BCUT2D eigenvalue weighted by molar-refractivity contribution is 6.31. The van der Waals surface area contributed by atoms with E-state index in [1.54, 1.807) is 4.90 Å². The molecule has 1 fully saturated rings. The summed E-state index contributed by atoms with van der Waals surface area (Å²) in [5.74, 6) is 0.606. The van der Waals surface area contributed by atoms with E-state index in [4.69, 9.17) is 16.0 Å². The molecule has 1 aliphatic carbocycles. The number of hydrogen-bond acceptors (Lipinski definition) is 2. The fraction of sp³-hybridized carbons (Fsp3) is 0.312. The topological polar surface area (TPSA) is 33.5 Å². The number of benzene rings is 1. The summed E-state index contributed by atoms with van der Waals surface area (Å²) in [6.45, 7) is 2.20. The van der Waals surface area contributed by atoms with E-state index in [2.05, 4.69) is 0 Å². The van der Waals surface area contributed by atoms with E-state index >= 15 is 0 Å². The first-order chi connectivity index (χ1) is 10.0. The van der Waals surface area contributed by atoms with E-state index in [9.17, 15) is 9.18 Å². The van der Waals surface area contributed by atoms with E-state index in [-0.39, 0.29) is 17.5 Å². The number of furan rings is 1. The maximum Gasteiger partial charge on any atom is 0.257 e. The van der Waals surface area contributed by atoms with Gasteiger partial charge in [-0.05, 0) is 50.1 Å². The third-order valence-electron chi connectivity index (χ3n) is 3.53. The van der Waals surface area contributed by atoms with Crippen LogP contribution >= 0.6 is 11.6 Å². The second-order valence-electron chi connectivity index (χ2n) is 5.30. The van der Waals surface area contributed by atoms with Gasteiger partial charge in [-0.1, -0.05) is 11.6 Å². The average Bonchev–Trinajstić information content (AvgIpc) is 3.21. The summed E-state index contributed by atoms with van der Waals surface area (Å²) in [4.78, 5) is 14.3. The summed E-state index contributed by atoms with van der Waals surface area (Å²) in [6, 6.07) is 7.88. The minimum atomic E-state index is -0.550. The molecule has 3 rings (SSSR count). The quantitative estimate of drug-likeness (QED) is 0.849. The van der Waals surface area contributed by atoms with Crippen molar-refractivity contribution >= 4 is 17.5 Å². The highest BCUT2D eigenvalue weighted by atomic mass is 35.5. The van der Waals surface area contributed by atoms with Gasteiger partial charge in [-0.2, -0.15) is 0 Å². The number of carbonyl (C=O) groups excluding carboxylic acids is 1. The fourth-order valence-corrected chi connectivity index (χ4v) is 2.48. The predicted octanol–water partition coefficient (Wildman–Crippen LogP) is 4.19. The summed E-state index contributed by atoms with van der Waals surface area (Å²) in [7, 11) is 0. The first-order valence-corrected chi connectivity index (χ1v) is 7.24. The van der Waals surface area contributed by atoms with Crippen molar-refractivity contribution in [1.29, 1.82) is 0 Å². The summed E-state index contributed by atoms with van der Waals surface area (Å²) in [6.07, 6.45) is 1.88. The van der Waals surface area contributed by atoms with Crippen LogP contribution in [0.15, 0.2) is 34.7 Å². The molecule has 0 spiro atoms. The second kappa shape index (κ2) is 5.53. The highest BCUT2D eigenvalue weighted by Gasteiger charge is 2.34. The standard InChI is InChI=1S/C16H15ClFNO2/c1-10-2-6-13(21-10)9-19(12-4-5-12)16(20)14-8-11(17)3-7-15(14)18/h2-3,6-8,12H,4-5,9H2,1H3. The van der Waals surface area contributed by atoms with Gasteiger partial charge in [-0.15, -0.1) is 0 Å². The van der Waals surface area contributed by atoms with Gasteiger partial charge in [0, 0.05) is 11.1 Å². The van der Waals surface area contributed by atoms with Crippen molar-refractivity contribution in [3.8, 4) is 0 Å². The SMILES string of the molecule is Cc1ccc(CN(C(=O)c2cc(Cl)ccc2F)C2CC2)o1. The van der Waals surface area contributed by atoms with Crippen LogP contribution in [-0.2, 0) is 6.54 Å². The molecule has 1 aromatic carbocycles. The fourth-order valence-electron chi connectivity index (χ4n) is 2.31. The lowest BCUT2D eigenvalue weighted by Crippen LogP contribution is -2.33. The molecule has 1 aliphatic rings. The maximum atomic E-state index is 13.9. The summed E-state index contributed by atoms with van der Waals surface area (Å²) >= 11 is 5.87. The molecule has 1 saturated carbocycles.